The summed E-state index contributed by atoms with van der Waals surface area (Å²) in [6, 6.07) is 13.8. The zero-order valence-corrected chi connectivity index (χ0v) is 19.5. The Labute approximate surface area is 197 Å². The number of carbonyl (C=O) groups is 1. The van der Waals surface area contributed by atoms with Gasteiger partial charge in [-0.3, -0.25) is 28.1 Å². The van der Waals surface area contributed by atoms with Crippen molar-refractivity contribution in [1.82, 2.24) is 18.7 Å². The molecule has 2 heterocycles. The summed E-state index contributed by atoms with van der Waals surface area (Å²) < 4.78 is 8.55. The number of thioether (sulfide) groups is 1. The highest BCUT2D eigenvalue weighted by Gasteiger charge is 2.22. The van der Waals surface area contributed by atoms with Crippen molar-refractivity contribution in [3.05, 3.63) is 85.3 Å². The largest absolute Gasteiger partial charge is 0.497 e. The van der Waals surface area contributed by atoms with Gasteiger partial charge in [-0.1, -0.05) is 30.0 Å². The van der Waals surface area contributed by atoms with E-state index in [2.05, 4.69) is 4.98 Å². The predicted octanol–water partition coefficient (Wildman–Crippen LogP) is 1.35. The highest BCUT2D eigenvalue weighted by Crippen LogP contribution is 2.24. The average molecular weight is 480 g/mol. The number of ether oxygens (including phenoxy) is 1. The normalized spacial score (nSPS) is 11.0. The fourth-order valence-electron chi connectivity index (χ4n) is 3.51. The number of nitrogens with two attached hydrogens (primary N) is 1. The van der Waals surface area contributed by atoms with E-state index in [1.807, 2.05) is 0 Å². The van der Waals surface area contributed by atoms with Crippen LogP contribution in [0.5, 0.6) is 5.75 Å². The van der Waals surface area contributed by atoms with Crippen molar-refractivity contribution in [2.24, 2.45) is 14.1 Å². The molecule has 0 unspecified atom stereocenters. The van der Waals surface area contributed by atoms with Gasteiger partial charge in [-0.15, -0.1) is 0 Å². The lowest BCUT2D eigenvalue weighted by Crippen LogP contribution is -2.41. The van der Waals surface area contributed by atoms with Gasteiger partial charge in [0, 0.05) is 20.2 Å². The van der Waals surface area contributed by atoms with Gasteiger partial charge in [0.2, 0.25) is 0 Å². The minimum Gasteiger partial charge on any atom is -0.497 e. The molecule has 4 rings (SSSR count). The topological polar surface area (TPSA) is 131 Å². The number of nitrogen functional groups attached to an aromatic ring is 1. The molecule has 0 fully saturated rings. The molecule has 2 aromatic carbocycles. The Morgan fingerprint density at radius 2 is 1.76 bits per heavy atom. The summed E-state index contributed by atoms with van der Waals surface area (Å²) in [5.41, 5.74) is 4.89. The summed E-state index contributed by atoms with van der Waals surface area (Å²) >= 11 is 0.991. The van der Waals surface area contributed by atoms with Crippen LogP contribution in [0.1, 0.15) is 10.4 Å². The number of carbonyl (C=O) groups excluding carboxylic acids is 1. The number of para-hydroxylation sites is 1. The molecular formula is C23H21N5O5S. The van der Waals surface area contributed by atoms with Crippen LogP contribution in [-0.4, -0.2) is 37.3 Å². The minimum absolute atomic E-state index is 0.213. The number of rotatable bonds is 6. The van der Waals surface area contributed by atoms with E-state index in [9.17, 15) is 19.2 Å². The molecule has 0 saturated heterocycles. The Balaban J connectivity index is 1.81. The number of fused-ring (bicyclic) bond motifs is 1. The minimum atomic E-state index is -0.775. The first-order chi connectivity index (χ1) is 16.2. The first-order valence-corrected chi connectivity index (χ1v) is 11.1. The van der Waals surface area contributed by atoms with Gasteiger partial charge in [0.25, 0.3) is 11.1 Å². The second-order valence-corrected chi connectivity index (χ2v) is 8.37. The van der Waals surface area contributed by atoms with E-state index in [1.165, 1.54) is 25.8 Å². The number of nitrogens with zero attached hydrogens (tertiary/aromatic N) is 4. The Morgan fingerprint density at radius 1 is 1.03 bits per heavy atom. The van der Waals surface area contributed by atoms with Crippen molar-refractivity contribution < 1.29 is 9.53 Å². The van der Waals surface area contributed by atoms with Gasteiger partial charge >= 0.3 is 5.69 Å². The van der Waals surface area contributed by atoms with Crippen LogP contribution in [0.15, 0.2) is 68.1 Å². The van der Waals surface area contributed by atoms with Gasteiger partial charge in [-0.2, -0.15) is 0 Å². The van der Waals surface area contributed by atoms with Crippen LogP contribution < -0.4 is 27.3 Å². The van der Waals surface area contributed by atoms with Gasteiger partial charge in [0.05, 0.1) is 29.5 Å². The maximum atomic E-state index is 13.4. The lowest BCUT2D eigenvalue weighted by molar-refractivity contribution is 0.102. The molecule has 11 heteroatoms. The molecule has 0 aliphatic rings. The Hall–Kier alpha value is -4.12. The van der Waals surface area contributed by atoms with Gasteiger partial charge in [-0.25, -0.2) is 9.78 Å². The van der Waals surface area contributed by atoms with Crippen molar-refractivity contribution in [3.63, 3.8) is 0 Å². The number of methoxy groups -OCH3 is 1. The third kappa shape index (κ3) is 3.90. The molecule has 2 aromatic heterocycles. The molecule has 0 bridgehead atoms. The Morgan fingerprint density at radius 3 is 2.50 bits per heavy atom. The zero-order chi connectivity index (χ0) is 24.6. The summed E-state index contributed by atoms with van der Waals surface area (Å²) in [6.45, 7) is 0. The third-order valence-corrected chi connectivity index (χ3v) is 6.32. The fraction of sp³-hybridized carbons (Fsp3) is 0.174. The molecule has 0 radical (unpaired) electrons. The second-order valence-electron chi connectivity index (χ2n) is 7.43. The summed E-state index contributed by atoms with van der Waals surface area (Å²) in [5.74, 6) is -0.480. The van der Waals surface area contributed by atoms with Crippen molar-refractivity contribution in [2.75, 3.05) is 18.6 Å². The summed E-state index contributed by atoms with van der Waals surface area (Å²) in [5, 5.41) is 0.669. The van der Waals surface area contributed by atoms with Gasteiger partial charge in [0.1, 0.15) is 17.1 Å². The molecule has 0 saturated carbocycles. The lowest BCUT2D eigenvalue weighted by Gasteiger charge is -2.14. The zero-order valence-electron chi connectivity index (χ0n) is 18.6. The first-order valence-electron chi connectivity index (χ1n) is 10.1. The van der Waals surface area contributed by atoms with E-state index in [0.717, 1.165) is 20.9 Å². The highest BCUT2D eigenvalue weighted by atomic mass is 32.2. The second kappa shape index (κ2) is 9.02. The molecule has 4 aromatic rings. The molecule has 0 atom stereocenters. The van der Waals surface area contributed by atoms with E-state index in [4.69, 9.17) is 10.5 Å². The van der Waals surface area contributed by atoms with Crippen molar-refractivity contribution in [3.8, 4) is 11.4 Å². The molecule has 34 heavy (non-hydrogen) atoms. The quantitative estimate of drug-likeness (QED) is 0.249. The van der Waals surface area contributed by atoms with Gasteiger partial charge < -0.3 is 10.5 Å². The average Bonchev–Trinajstić information content (AvgIpc) is 2.85. The van der Waals surface area contributed by atoms with Crippen LogP contribution in [0.2, 0.25) is 0 Å². The monoisotopic (exact) mass is 479 g/mol. The van der Waals surface area contributed by atoms with Gasteiger partial charge in [0.15, 0.2) is 10.9 Å². The number of benzene rings is 2. The molecule has 174 valence electrons. The Kier molecular flexibility index (Phi) is 6.12. The fourth-order valence-corrected chi connectivity index (χ4v) is 4.40. The lowest BCUT2D eigenvalue weighted by atomic mass is 10.2. The molecule has 0 aliphatic heterocycles. The molecule has 0 spiro atoms. The number of aromatic nitrogens is 4. The molecular weight excluding hydrogens is 458 g/mol. The molecule has 0 aliphatic carbocycles. The van der Waals surface area contributed by atoms with Crippen molar-refractivity contribution >= 4 is 34.3 Å². The van der Waals surface area contributed by atoms with Crippen LogP contribution in [0, 0.1) is 0 Å². The smallest absolute Gasteiger partial charge is 0.332 e. The number of Topliss-reactive ketones (excluding diaryl/α,β-unsaturated/α-hetero) is 1. The van der Waals surface area contributed by atoms with Crippen molar-refractivity contribution in [2.45, 2.75) is 5.16 Å². The molecule has 10 nitrogen and oxygen atoms in total. The van der Waals surface area contributed by atoms with E-state index in [-0.39, 0.29) is 27.8 Å². The highest BCUT2D eigenvalue weighted by molar-refractivity contribution is 7.99. The van der Waals surface area contributed by atoms with Crippen LogP contribution in [-0.2, 0) is 14.1 Å². The summed E-state index contributed by atoms with van der Waals surface area (Å²) in [4.78, 5) is 55.6. The van der Waals surface area contributed by atoms with Crippen LogP contribution >= 0.6 is 11.8 Å². The maximum absolute atomic E-state index is 13.4. The van der Waals surface area contributed by atoms with Gasteiger partial charge in [-0.05, 0) is 24.3 Å². The van der Waals surface area contributed by atoms with Crippen LogP contribution in [0.3, 0.4) is 0 Å². The standard InChI is InChI=1S/C23H21N5O5S/c1-26-19(24)18(21(31)27(2)23(26)32)17(29)12-34-22-25-16-10-5-4-9-15(16)20(30)28(22)13-7-6-8-14(11-13)33-3/h4-11H,12,24H2,1-3H3. The number of hydrogen-bond donors (Lipinski definition) is 1. The third-order valence-electron chi connectivity index (χ3n) is 5.38. The number of hydrogen-bond acceptors (Lipinski definition) is 8. The summed E-state index contributed by atoms with van der Waals surface area (Å²) in [7, 11) is 4.18. The number of ketones is 1. The number of anilines is 1. The maximum Gasteiger partial charge on any atom is 0.332 e. The van der Waals surface area contributed by atoms with E-state index >= 15 is 0 Å². The SMILES string of the molecule is COc1cccc(-n2c(SCC(=O)c3c(N)n(C)c(=O)n(C)c3=O)nc3ccccc3c2=O)c1. The Bertz CT molecular complexity index is 1620. The van der Waals surface area contributed by atoms with E-state index < -0.39 is 17.0 Å². The van der Waals surface area contributed by atoms with Crippen molar-refractivity contribution in [1.29, 1.82) is 0 Å². The predicted molar refractivity (Wildman–Crippen MR) is 130 cm³/mol. The molecule has 0 amide bonds. The molecule has 2 N–H and O–H groups in total. The van der Waals surface area contributed by atoms with Crippen LogP contribution in [0.4, 0.5) is 5.82 Å². The van der Waals surface area contributed by atoms with E-state index in [0.29, 0.717) is 22.3 Å². The van der Waals surface area contributed by atoms with Crippen LogP contribution in [0.25, 0.3) is 16.6 Å². The van der Waals surface area contributed by atoms with E-state index in [1.54, 1.807) is 48.5 Å². The first kappa shape index (κ1) is 23.1. The summed E-state index contributed by atoms with van der Waals surface area (Å²) in [6.07, 6.45) is 0.